The van der Waals surface area contributed by atoms with Gasteiger partial charge in [-0.2, -0.15) is 0 Å². The summed E-state index contributed by atoms with van der Waals surface area (Å²) in [6, 6.07) is 5.73. The highest BCUT2D eigenvalue weighted by Gasteiger charge is 2.38. The normalized spacial score (nSPS) is 20.5. The van der Waals surface area contributed by atoms with Crippen LogP contribution in [-0.2, 0) is 4.74 Å². The Morgan fingerprint density at radius 3 is 2.66 bits per heavy atom. The average molecular weight is 507 g/mol. The van der Waals surface area contributed by atoms with Crippen LogP contribution in [0.5, 0.6) is 11.6 Å². The molecule has 1 heterocycles. The lowest BCUT2D eigenvalue weighted by Gasteiger charge is -2.41. The van der Waals surface area contributed by atoms with Crippen LogP contribution in [0.2, 0.25) is 5.02 Å². The second-order valence-corrected chi connectivity index (χ2v) is 10.8. The van der Waals surface area contributed by atoms with Crippen LogP contribution in [0.1, 0.15) is 79.1 Å². The number of aliphatic hydroxyl groups is 1. The van der Waals surface area contributed by atoms with Gasteiger partial charge in [0.05, 0.1) is 17.7 Å². The molecule has 0 saturated heterocycles. The van der Waals surface area contributed by atoms with Crippen molar-refractivity contribution in [2.45, 2.75) is 96.3 Å². The Kier molecular flexibility index (Phi) is 9.47. The van der Waals surface area contributed by atoms with Gasteiger partial charge in [-0.05, 0) is 89.3 Å². The molecule has 0 bridgehead atoms. The van der Waals surface area contributed by atoms with E-state index in [1.807, 2.05) is 39.0 Å². The molecule has 0 radical (unpaired) electrons. The molecule has 0 aliphatic heterocycles. The summed E-state index contributed by atoms with van der Waals surface area (Å²) in [6.45, 7) is 8.37. The molecule has 1 aromatic carbocycles. The number of rotatable bonds is 10. The third-order valence-electron chi connectivity index (χ3n) is 6.28. The first-order chi connectivity index (χ1) is 16.6. The quantitative estimate of drug-likeness (QED) is 0.361. The number of amides is 1. The number of unbranched alkanes of at least 4 members (excludes halogenated alkanes) is 1. The van der Waals surface area contributed by atoms with Gasteiger partial charge in [0, 0.05) is 23.7 Å². The standard InChI is InChI=1S/C27H39ClN2O5/c1-5-6-16-33-24-21-18-22(28)23(17-19(21)10-14-29-24)34-20-8-12-27(13-9-20,11-7-15-31)30-25(32)35-26(2,3)4/h10,14,17-18,20,31H,5-9,11-13,15-16H2,1-4H3,(H,30,32). The Morgan fingerprint density at radius 1 is 1.26 bits per heavy atom. The van der Waals surface area contributed by atoms with Crippen LogP contribution >= 0.6 is 11.6 Å². The molecular formula is C27H39ClN2O5. The molecule has 194 valence electrons. The number of pyridine rings is 1. The Morgan fingerprint density at radius 2 is 2.00 bits per heavy atom. The minimum atomic E-state index is -0.564. The highest BCUT2D eigenvalue weighted by Crippen LogP contribution is 2.38. The number of fused-ring (bicyclic) bond motifs is 1. The highest BCUT2D eigenvalue weighted by atomic mass is 35.5. The number of nitrogens with zero attached hydrogens (tertiary/aromatic N) is 1. The van der Waals surface area contributed by atoms with Crippen molar-refractivity contribution in [3.8, 4) is 11.6 Å². The molecule has 1 fully saturated rings. The molecule has 1 aliphatic rings. The molecule has 3 rings (SSSR count). The molecule has 1 aliphatic carbocycles. The van der Waals surface area contributed by atoms with Crippen LogP contribution in [0.3, 0.4) is 0 Å². The fourth-order valence-electron chi connectivity index (χ4n) is 4.48. The lowest BCUT2D eigenvalue weighted by Crippen LogP contribution is -2.53. The zero-order valence-electron chi connectivity index (χ0n) is 21.4. The van der Waals surface area contributed by atoms with Crippen molar-refractivity contribution >= 4 is 28.5 Å². The van der Waals surface area contributed by atoms with Crippen LogP contribution in [-0.4, -0.2) is 46.6 Å². The number of hydrogen-bond donors (Lipinski definition) is 2. The van der Waals surface area contributed by atoms with Crippen LogP contribution < -0.4 is 14.8 Å². The molecular weight excluding hydrogens is 468 g/mol. The van der Waals surface area contributed by atoms with Gasteiger partial charge in [0.15, 0.2) is 0 Å². The summed E-state index contributed by atoms with van der Waals surface area (Å²) in [7, 11) is 0. The van der Waals surface area contributed by atoms with Crippen molar-refractivity contribution in [3.63, 3.8) is 0 Å². The number of nitrogens with one attached hydrogen (secondary N) is 1. The first-order valence-corrected chi connectivity index (χ1v) is 13.0. The lowest BCUT2D eigenvalue weighted by molar-refractivity contribution is 0.0339. The van der Waals surface area contributed by atoms with E-state index in [9.17, 15) is 9.90 Å². The van der Waals surface area contributed by atoms with Gasteiger partial charge in [-0.1, -0.05) is 24.9 Å². The Balaban J connectivity index is 1.67. The number of carbonyl (C=O) groups is 1. The third-order valence-corrected chi connectivity index (χ3v) is 6.58. The number of halogens is 1. The second-order valence-electron chi connectivity index (χ2n) is 10.4. The van der Waals surface area contributed by atoms with Gasteiger partial charge in [0.2, 0.25) is 5.88 Å². The van der Waals surface area contributed by atoms with E-state index in [0.29, 0.717) is 36.1 Å². The Hall–Kier alpha value is -2.25. The van der Waals surface area contributed by atoms with Gasteiger partial charge in [0.1, 0.15) is 11.4 Å². The average Bonchev–Trinajstić information content (AvgIpc) is 2.79. The van der Waals surface area contributed by atoms with Gasteiger partial charge >= 0.3 is 6.09 Å². The zero-order chi connectivity index (χ0) is 25.5. The number of aliphatic hydroxyl groups excluding tert-OH is 1. The highest BCUT2D eigenvalue weighted by molar-refractivity contribution is 6.33. The largest absolute Gasteiger partial charge is 0.489 e. The van der Waals surface area contributed by atoms with Crippen molar-refractivity contribution in [3.05, 3.63) is 29.4 Å². The van der Waals surface area contributed by atoms with E-state index in [4.69, 9.17) is 25.8 Å². The summed E-state index contributed by atoms with van der Waals surface area (Å²) < 4.78 is 17.7. The molecule has 0 atom stereocenters. The van der Waals surface area contributed by atoms with Crippen molar-refractivity contribution < 1.29 is 24.1 Å². The number of aromatic nitrogens is 1. The third kappa shape index (κ3) is 7.87. The molecule has 1 saturated carbocycles. The molecule has 0 unspecified atom stereocenters. The summed E-state index contributed by atoms with van der Waals surface area (Å²) in [5.74, 6) is 1.22. The molecule has 8 heteroatoms. The van der Waals surface area contributed by atoms with Gasteiger partial charge in [-0.15, -0.1) is 0 Å². The van der Waals surface area contributed by atoms with Crippen LogP contribution in [0.25, 0.3) is 10.8 Å². The van der Waals surface area contributed by atoms with E-state index in [0.717, 1.165) is 49.3 Å². The summed E-state index contributed by atoms with van der Waals surface area (Å²) in [6.07, 6.45) is 7.63. The van der Waals surface area contributed by atoms with Crippen molar-refractivity contribution in [2.24, 2.45) is 0 Å². The second kappa shape index (κ2) is 12.1. The zero-order valence-corrected chi connectivity index (χ0v) is 22.1. The van der Waals surface area contributed by atoms with E-state index in [-0.39, 0.29) is 12.7 Å². The fraction of sp³-hybridized carbons (Fsp3) is 0.630. The number of hydrogen-bond acceptors (Lipinski definition) is 6. The van der Waals surface area contributed by atoms with Crippen molar-refractivity contribution in [1.82, 2.24) is 10.3 Å². The predicted molar refractivity (Wildman–Crippen MR) is 138 cm³/mol. The maximum Gasteiger partial charge on any atom is 0.408 e. The monoisotopic (exact) mass is 506 g/mol. The molecule has 2 N–H and O–H groups in total. The molecule has 1 amide bonds. The number of ether oxygens (including phenoxy) is 3. The van der Waals surface area contributed by atoms with Crippen LogP contribution in [0.4, 0.5) is 4.79 Å². The maximum absolute atomic E-state index is 12.5. The summed E-state index contributed by atoms with van der Waals surface area (Å²) in [5.41, 5.74) is -0.972. The minimum Gasteiger partial charge on any atom is -0.489 e. The minimum absolute atomic E-state index is 0.0188. The van der Waals surface area contributed by atoms with E-state index in [2.05, 4.69) is 17.2 Å². The van der Waals surface area contributed by atoms with E-state index in [1.165, 1.54) is 0 Å². The predicted octanol–water partition coefficient (Wildman–Crippen LogP) is 6.42. The number of alkyl carbamates (subject to hydrolysis) is 1. The van der Waals surface area contributed by atoms with Gasteiger partial charge in [-0.3, -0.25) is 0 Å². The molecule has 35 heavy (non-hydrogen) atoms. The van der Waals surface area contributed by atoms with E-state index < -0.39 is 17.2 Å². The van der Waals surface area contributed by atoms with Gasteiger partial charge in [-0.25, -0.2) is 9.78 Å². The molecule has 2 aromatic rings. The van der Waals surface area contributed by atoms with Crippen molar-refractivity contribution in [1.29, 1.82) is 0 Å². The summed E-state index contributed by atoms with van der Waals surface area (Å²) in [5, 5.41) is 14.8. The molecule has 1 aromatic heterocycles. The van der Waals surface area contributed by atoms with E-state index in [1.54, 1.807) is 6.20 Å². The van der Waals surface area contributed by atoms with Crippen molar-refractivity contribution in [2.75, 3.05) is 13.2 Å². The fourth-order valence-corrected chi connectivity index (χ4v) is 4.69. The van der Waals surface area contributed by atoms with Crippen LogP contribution in [0.15, 0.2) is 24.4 Å². The molecule has 0 spiro atoms. The SMILES string of the molecule is CCCCOc1nccc2cc(OC3CCC(CCCO)(NC(=O)OC(C)(C)C)CC3)c(Cl)cc12. The van der Waals surface area contributed by atoms with E-state index >= 15 is 0 Å². The van der Waals surface area contributed by atoms with Gasteiger partial charge in [0.25, 0.3) is 0 Å². The lowest BCUT2D eigenvalue weighted by atomic mass is 9.77. The number of benzene rings is 1. The number of carbonyl (C=O) groups excluding carboxylic acids is 1. The Labute approximate surface area is 213 Å². The maximum atomic E-state index is 12.5. The van der Waals surface area contributed by atoms with Crippen LogP contribution in [0, 0.1) is 0 Å². The summed E-state index contributed by atoms with van der Waals surface area (Å²) in [4.78, 5) is 16.9. The molecule has 7 nitrogen and oxygen atoms in total. The first kappa shape index (κ1) is 27.3. The first-order valence-electron chi connectivity index (χ1n) is 12.6. The topological polar surface area (TPSA) is 89.9 Å². The smallest absolute Gasteiger partial charge is 0.408 e. The van der Waals surface area contributed by atoms with Gasteiger partial charge < -0.3 is 24.6 Å². The Bertz CT molecular complexity index is 983. The summed E-state index contributed by atoms with van der Waals surface area (Å²) >= 11 is 6.60.